The van der Waals surface area contributed by atoms with Gasteiger partial charge in [0, 0.05) is 37.8 Å². The van der Waals surface area contributed by atoms with E-state index in [4.69, 9.17) is 19.6 Å². The molecule has 4 bridgehead atoms. The van der Waals surface area contributed by atoms with Crippen LogP contribution in [0, 0.1) is 23.7 Å². The normalized spacial score (nSPS) is 44.0. The molecule has 7 fully saturated rings. The van der Waals surface area contributed by atoms with Crippen LogP contribution in [-0.4, -0.2) is 42.6 Å². The van der Waals surface area contributed by atoms with E-state index in [9.17, 15) is 8.42 Å². The fourth-order valence-electron chi connectivity index (χ4n) is 6.25. The highest BCUT2D eigenvalue weighted by Gasteiger charge is 2.65. The van der Waals surface area contributed by atoms with Crippen LogP contribution in [0.4, 0.5) is 0 Å². The molecule has 2 aliphatic heterocycles. The molecule has 0 atom stereocenters. The van der Waals surface area contributed by atoms with Crippen molar-refractivity contribution >= 4 is 10.0 Å². The molecular formula is C18H27NO6S. The summed E-state index contributed by atoms with van der Waals surface area (Å²) in [4.78, 5) is 23.7. The third-order valence-electron chi connectivity index (χ3n) is 7.71. The van der Waals surface area contributed by atoms with Gasteiger partial charge >= 0.3 is 0 Å². The summed E-state index contributed by atoms with van der Waals surface area (Å²) in [6.45, 7) is 0.797. The average molecular weight is 385 g/mol. The van der Waals surface area contributed by atoms with Crippen molar-refractivity contribution in [2.24, 2.45) is 23.7 Å². The summed E-state index contributed by atoms with van der Waals surface area (Å²) in [6.07, 6.45) is 8.37. The predicted molar refractivity (Wildman–Crippen MR) is 89.6 cm³/mol. The molecule has 0 unspecified atom stereocenters. The van der Waals surface area contributed by atoms with Crippen LogP contribution >= 0.6 is 0 Å². The Kier molecular flexibility index (Phi) is 3.48. The largest absolute Gasteiger partial charge is 0.239 e. The molecule has 0 aromatic heterocycles. The highest BCUT2D eigenvalue weighted by Crippen LogP contribution is 2.61. The van der Waals surface area contributed by atoms with Crippen LogP contribution in [0.5, 0.6) is 0 Å². The van der Waals surface area contributed by atoms with Crippen molar-refractivity contribution < 1.29 is 28.0 Å². The second kappa shape index (κ2) is 5.42. The average Bonchev–Trinajstić information content (AvgIpc) is 3.47. The Morgan fingerprint density at radius 3 is 1.81 bits per heavy atom. The smallest absolute Gasteiger partial charge is 0.212 e. The van der Waals surface area contributed by atoms with Gasteiger partial charge in [0.2, 0.25) is 21.6 Å². The van der Waals surface area contributed by atoms with Crippen molar-refractivity contribution in [1.29, 1.82) is 0 Å². The zero-order chi connectivity index (χ0) is 17.6. The van der Waals surface area contributed by atoms with Gasteiger partial charge in [-0.25, -0.2) is 12.7 Å². The molecule has 0 aromatic rings. The van der Waals surface area contributed by atoms with E-state index < -0.39 is 21.6 Å². The topological polar surface area (TPSA) is 74.3 Å². The molecule has 0 N–H and O–H groups in total. The molecular weight excluding hydrogens is 358 g/mol. The van der Waals surface area contributed by atoms with Gasteiger partial charge < -0.3 is 0 Å². The monoisotopic (exact) mass is 385 g/mol. The summed E-state index contributed by atoms with van der Waals surface area (Å²) in [6, 6.07) is 0. The zero-order valence-electron chi connectivity index (χ0n) is 15.0. The standard InChI is InChI=1S/C18H27NO6S/c20-26(21,16-1-2-16)19-5-3-17(4-6-19)22-24-18(25-23-17)14-8-12-7-13(10-14)11-15(18)9-12/h12-16H,1-11H2. The maximum atomic E-state index is 12.4. The molecule has 5 aliphatic carbocycles. The van der Waals surface area contributed by atoms with Crippen molar-refractivity contribution in [3.63, 3.8) is 0 Å². The Morgan fingerprint density at radius 1 is 0.769 bits per heavy atom. The molecule has 0 amide bonds. The van der Waals surface area contributed by atoms with E-state index in [1.165, 1.54) is 6.42 Å². The molecule has 7 nitrogen and oxygen atoms in total. The lowest BCUT2D eigenvalue weighted by Crippen LogP contribution is -2.65. The van der Waals surface area contributed by atoms with Gasteiger partial charge in [-0.3, -0.25) is 0 Å². The molecule has 0 aromatic carbocycles. The van der Waals surface area contributed by atoms with Crippen LogP contribution in [0.1, 0.15) is 57.8 Å². The molecule has 7 rings (SSSR count). The van der Waals surface area contributed by atoms with Crippen LogP contribution in [-0.2, 0) is 29.6 Å². The number of sulfonamides is 1. The maximum absolute atomic E-state index is 12.4. The molecule has 26 heavy (non-hydrogen) atoms. The third-order valence-corrected chi connectivity index (χ3v) is 10.1. The highest BCUT2D eigenvalue weighted by molar-refractivity contribution is 7.90. The van der Waals surface area contributed by atoms with E-state index in [1.807, 2.05) is 0 Å². The first-order valence-corrected chi connectivity index (χ1v) is 11.7. The summed E-state index contributed by atoms with van der Waals surface area (Å²) in [7, 11) is -3.14. The molecule has 7 aliphatic rings. The van der Waals surface area contributed by atoms with Gasteiger partial charge in [0.15, 0.2) is 0 Å². The van der Waals surface area contributed by atoms with Crippen molar-refractivity contribution in [2.75, 3.05) is 13.1 Å². The molecule has 2 heterocycles. The van der Waals surface area contributed by atoms with Crippen molar-refractivity contribution in [2.45, 2.75) is 74.6 Å². The Morgan fingerprint density at radius 2 is 1.31 bits per heavy atom. The minimum Gasteiger partial charge on any atom is -0.212 e. The van der Waals surface area contributed by atoms with Gasteiger partial charge in [-0.15, -0.1) is 0 Å². The SMILES string of the molecule is O=S(=O)(C1CC1)N1CCC2(CC1)OOC1(OO2)C2CC3CC(C2)CC1C3. The number of nitrogens with zero attached hydrogens (tertiary/aromatic N) is 1. The van der Waals surface area contributed by atoms with Crippen LogP contribution in [0.15, 0.2) is 0 Å². The minimum atomic E-state index is -3.14. The molecule has 0 radical (unpaired) electrons. The van der Waals surface area contributed by atoms with E-state index in [0.29, 0.717) is 37.8 Å². The Hall–Kier alpha value is -0.250. The fraction of sp³-hybridized carbons (Fsp3) is 1.00. The maximum Gasteiger partial charge on any atom is 0.239 e. The molecule has 5 saturated carbocycles. The van der Waals surface area contributed by atoms with Crippen LogP contribution in [0.2, 0.25) is 0 Å². The molecule has 2 spiro atoms. The number of hydrogen-bond donors (Lipinski definition) is 0. The van der Waals surface area contributed by atoms with Gasteiger partial charge in [0.25, 0.3) is 0 Å². The molecule has 2 saturated heterocycles. The van der Waals surface area contributed by atoms with Crippen molar-refractivity contribution in [3.05, 3.63) is 0 Å². The second-order valence-corrected chi connectivity index (χ2v) is 11.6. The summed E-state index contributed by atoms with van der Waals surface area (Å²) >= 11 is 0. The van der Waals surface area contributed by atoms with Gasteiger partial charge in [-0.2, -0.15) is 19.6 Å². The Labute approximate surface area is 154 Å². The van der Waals surface area contributed by atoms with E-state index >= 15 is 0 Å². The van der Waals surface area contributed by atoms with E-state index in [1.54, 1.807) is 4.31 Å². The van der Waals surface area contributed by atoms with Gasteiger partial charge in [-0.1, -0.05) is 0 Å². The van der Waals surface area contributed by atoms with Gasteiger partial charge in [0.1, 0.15) is 0 Å². The fourth-order valence-corrected chi connectivity index (χ4v) is 8.09. The van der Waals surface area contributed by atoms with Crippen LogP contribution in [0.3, 0.4) is 0 Å². The molecule has 8 heteroatoms. The Balaban J connectivity index is 1.14. The predicted octanol–water partition coefficient (Wildman–Crippen LogP) is 2.33. The lowest BCUT2D eigenvalue weighted by Gasteiger charge is -2.60. The summed E-state index contributed by atoms with van der Waals surface area (Å²) < 4.78 is 26.4. The van der Waals surface area contributed by atoms with Gasteiger partial charge in [0.05, 0.1) is 5.25 Å². The molecule has 146 valence electrons. The number of piperidine rings is 1. The van der Waals surface area contributed by atoms with Crippen LogP contribution < -0.4 is 0 Å². The Bertz CT molecular complexity index is 656. The van der Waals surface area contributed by atoms with Crippen molar-refractivity contribution in [1.82, 2.24) is 4.31 Å². The first-order chi connectivity index (χ1) is 12.5. The first kappa shape index (κ1) is 16.7. The highest BCUT2D eigenvalue weighted by atomic mass is 32.2. The minimum absolute atomic E-state index is 0.173. The van der Waals surface area contributed by atoms with E-state index in [2.05, 4.69) is 0 Å². The third kappa shape index (κ3) is 2.32. The lowest BCUT2D eigenvalue weighted by atomic mass is 9.53. The van der Waals surface area contributed by atoms with Crippen molar-refractivity contribution in [3.8, 4) is 0 Å². The first-order valence-electron chi connectivity index (χ1n) is 10.2. The number of hydrogen-bond acceptors (Lipinski definition) is 6. The number of rotatable bonds is 2. The van der Waals surface area contributed by atoms with E-state index in [-0.39, 0.29) is 5.25 Å². The van der Waals surface area contributed by atoms with E-state index in [0.717, 1.165) is 50.4 Å². The second-order valence-electron chi connectivity index (χ2n) is 9.41. The zero-order valence-corrected chi connectivity index (χ0v) is 15.8. The quantitative estimate of drug-likeness (QED) is 0.679. The summed E-state index contributed by atoms with van der Waals surface area (Å²) in [5.74, 6) is 0.618. The van der Waals surface area contributed by atoms with Gasteiger partial charge in [-0.05, 0) is 56.8 Å². The van der Waals surface area contributed by atoms with Crippen LogP contribution in [0.25, 0.3) is 0 Å². The lowest BCUT2D eigenvalue weighted by molar-refractivity contribution is -0.680. The summed E-state index contributed by atoms with van der Waals surface area (Å²) in [5.41, 5.74) is 0. The summed E-state index contributed by atoms with van der Waals surface area (Å²) in [5, 5.41) is -0.173.